The predicted molar refractivity (Wildman–Crippen MR) is 110 cm³/mol. The fourth-order valence-corrected chi connectivity index (χ4v) is 3.86. The number of imidazole rings is 1. The number of ether oxygens (including phenoxy) is 3. The first-order valence-corrected chi connectivity index (χ1v) is 9.42. The van der Waals surface area contributed by atoms with Crippen LogP contribution >= 0.6 is 11.8 Å². The number of methoxy groups -OCH3 is 3. The highest BCUT2D eigenvalue weighted by molar-refractivity contribution is 7.99. The van der Waals surface area contributed by atoms with Crippen molar-refractivity contribution in [2.45, 2.75) is 10.1 Å². The molecule has 0 bridgehead atoms. The molecule has 4 rings (SSSR count). The molecular weight excluding hydrogens is 374 g/mol. The fraction of sp³-hybridized carbons (Fsp3) is 0.143. The van der Waals surface area contributed by atoms with Crippen LogP contribution in [-0.4, -0.2) is 36.3 Å². The van der Waals surface area contributed by atoms with Crippen LogP contribution in [0.4, 0.5) is 0 Å². The molecule has 2 heterocycles. The predicted octanol–water partition coefficient (Wildman–Crippen LogP) is 4.80. The van der Waals surface area contributed by atoms with E-state index in [1.54, 1.807) is 39.3 Å². The maximum Gasteiger partial charge on any atom is 0.171 e. The van der Waals surface area contributed by atoms with E-state index < -0.39 is 0 Å². The van der Waals surface area contributed by atoms with Gasteiger partial charge in [-0.25, -0.2) is 4.98 Å². The molecule has 7 heteroatoms. The van der Waals surface area contributed by atoms with Crippen molar-refractivity contribution in [1.29, 1.82) is 0 Å². The molecule has 6 nitrogen and oxygen atoms in total. The van der Waals surface area contributed by atoms with E-state index in [0.717, 1.165) is 38.1 Å². The molecule has 0 amide bonds. The Hall–Kier alpha value is -3.19. The van der Waals surface area contributed by atoms with Crippen LogP contribution in [0.25, 0.3) is 22.3 Å². The number of rotatable bonds is 6. The normalized spacial score (nSPS) is 10.8. The summed E-state index contributed by atoms with van der Waals surface area (Å²) in [4.78, 5) is 13.6. The Morgan fingerprint density at radius 2 is 1.68 bits per heavy atom. The second-order valence-electron chi connectivity index (χ2n) is 5.95. The zero-order valence-corrected chi connectivity index (χ0v) is 16.5. The Labute approximate surface area is 166 Å². The molecule has 142 valence electrons. The summed E-state index contributed by atoms with van der Waals surface area (Å²) < 4.78 is 16.1. The molecule has 0 saturated heterocycles. The number of hydrogen-bond donors (Lipinski definition) is 1. The molecule has 0 aliphatic heterocycles. The van der Waals surface area contributed by atoms with Crippen LogP contribution in [0.15, 0.2) is 64.8 Å². The van der Waals surface area contributed by atoms with Gasteiger partial charge in [-0.1, -0.05) is 30.0 Å². The largest absolute Gasteiger partial charge is 0.497 e. The topological polar surface area (TPSA) is 69.3 Å². The summed E-state index contributed by atoms with van der Waals surface area (Å²) in [5, 5.41) is 0.778. The maximum atomic E-state index is 5.37. The molecule has 0 aliphatic carbocycles. The molecule has 4 aromatic rings. The number of benzene rings is 2. The number of hydrogen-bond acceptors (Lipinski definition) is 6. The Bertz CT molecular complexity index is 1090. The average Bonchev–Trinajstić information content (AvgIpc) is 3.14. The third-order valence-corrected chi connectivity index (χ3v) is 5.26. The van der Waals surface area contributed by atoms with Gasteiger partial charge in [0.2, 0.25) is 0 Å². The molecule has 0 fully saturated rings. The van der Waals surface area contributed by atoms with Crippen molar-refractivity contribution in [3.8, 4) is 28.5 Å². The van der Waals surface area contributed by atoms with E-state index >= 15 is 0 Å². The first kappa shape index (κ1) is 18.2. The van der Waals surface area contributed by atoms with E-state index in [9.17, 15) is 0 Å². The van der Waals surface area contributed by atoms with Crippen LogP contribution in [0.5, 0.6) is 17.2 Å². The number of pyridine rings is 1. The molecule has 28 heavy (non-hydrogen) atoms. The van der Waals surface area contributed by atoms with Crippen molar-refractivity contribution in [3.05, 3.63) is 54.7 Å². The Balaban J connectivity index is 1.71. The first-order valence-electron chi connectivity index (χ1n) is 8.61. The van der Waals surface area contributed by atoms with Gasteiger partial charge in [-0.2, -0.15) is 0 Å². The van der Waals surface area contributed by atoms with Gasteiger partial charge in [0.25, 0.3) is 0 Å². The third kappa shape index (κ3) is 3.48. The van der Waals surface area contributed by atoms with Crippen molar-refractivity contribution < 1.29 is 14.2 Å². The van der Waals surface area contributed by atoms with Gasteiger partial charge in [0.05, 0.1) is 38.1 Å². The lowest BCUT2D eigenvalue weighted by Gasteiger charge is -2.08. The third-order valence-electron chi connectivity index (χ3n) is 4.30. The van der Waals surface area contributed by atoms with Crippen molar-refractivity contribution in [2.24, 2.45) is 0 Å². The lowest BCUT2D eigenvalue weighted by molar-refractivity contribution is 0.356. The van der Waals surface area contributed by atoms with Gasteiger partial charge in [0.15, 0.2) is 16.7 Å². The van der Waals surface area contributed by atoms with Crippen LogP contribution < -0.4 is 14.2 Å². The average molecular weight is 393 g/mol. The second kappa shape index (κ2) is 7.82. The molecule has 0 radical (unpaired) electrons. The van der Waals surface area contributed by atoms with Crippen LogP contribution in [0.3, 0.4) is 0 Å². The molecule has 2 aromatic carbocycles. The number of H-pyrrole nitrogens is 1. The van der Waals surface area contributed by atoms with Crippen molar-refractivity contribution in [1.82, 2.24) is 15.0 Å². The van der Waals surface area contributed by atoms with Crippen molar-refractivity contribution in [3.63, 3.8) is 0 Å². The summed E-state index contributed by atoms with van der Waals surface area (Å²) in [5.41, 5.74) is 3.57. The number of aromatic nitrogens is 3. The monoisotopic (exact) mass is 393 g/mol. The van der Waals surface area contributed by atoms with E-state index in [0.29, 0.717) is 11.5 Å². The minimum Gasteiger partial charge on any atom is -0.497 e. The summed E-state index contributed by atoms with van der Waals surface area (Å²) in [5.74, 6) is 2.09. The zero-order chi connectivity index (χ0) is 19.5. The summed E-state index contributed by atoms with van der Waals surface area (Å²) in [6.07, 6.45) is 1.75. The Morgan fingerprint density at radius 3 is 2.46 bits per heavy atom. The maximum absolute atomic E-state index is 5.37. The molecule has 1 N–H and O–H groups in total. The number of nitrogens with one attached hydrogen (secondary N) is 1. The Morgan fingerprint density at radius 1 is 0.893 bits per heavy atom. The molecule has 0 unspecified atom stereocenters. The SMILES string of the molecule is COc1ccnc(-c2ccccc2Sc2nc3cc(OC)c(OC)cc3[nH]2)c1. The summed E-state index contributed by atoms with van der Waals surface area (Å²) in [6.45, 7) is 0. The quantitative estimate of drug-likeness (QED) is 0.507. The lowest BCUT2D eigenvalue weighted by Crippen LogP contribution is -1.89. The lowest BCUT2D eigenvalue weighted by atomic mass is 10.1. The van der Waals surface area contributed by atoms with E-state index in [2.05, 4.69) is 21.0 Å². The van der Waals surface area contributed by atoms with Crippen LogP contribution in [0.2, 0.25) is 0 Å². The number of fused-ring (bicyclic) bond motifs is 1. The van der Waals surface area contributed by atoms with E-state index in [1.165, 1.54) is 0 Å². The molecule has 2 aromatic heterocycles. The highest BCUT2D eigenvalue weighted by atomic mass is 32.2. The summed E-state index contributed by atoms with van der Waals surface area (Å²) >= 11 is 1.55. The molecule has 0 atom stereocenters. The summed E-state index contributed by atoms with van der Waals surface area (Å²) in [6, 6.07) is 15.6. The van der Waals surface area contributed by atoms with Gasteiger partial charge in [-0.3, -0.25) is 4.98 Å². The van der Waals surface area contributed by atoms with Crippen molar-refractivity contribution in [2.75, 3.05) is 21.3 Å². The van der Waals surface area contributed by atoms with E-state index in [4.69, 9.17) is 14.2 Å². The molecule has 0 aliphatic rings. The second-order valence-corrected chi connectivity index (χ2v) is 6.98. The van der Waals surface area contributed by atoms with Gasteiger partial charge in [0, 0.05) is 34.9 Å². The van der Waals surface area contributed by atoms with E-state index in [-0.39, 0.29) is 0 Å². The van der Waals surface area contributed by atoms with Gasteiger partial charge in [0.1, 0.15) is 5.75 Å². The van der Waals surface area contributed by atoms with Gasteiger partial charge in [-0.15, -0.1) is 0 Å². The zero-order valence-electron chi connectivity index (χ0n) is 15.7. The Kier molecular flexibility index (Phi) is 5.08. The first-order chi connectivity index (χ1) is 13.7. The van der Waals surface area contributed by atoms with Gasteiger partial charge in [-0.05, 0) is 12.1 Å². The van der Waals surface area contributed by atoms with Crippen LogP contribution in [0.1, 0.15) is 0 Å². The minimum absolute atomic E-state index is 0.652. The highest BCUT2D eigenvalue weighted by Crippen LogP contribution is 2.37. The van der Waals surface area contributed by atoms with Crippen LogP contribution in [0, 0.1) is 0 Å². The van der Waals surface area contributed by atoms with Gasteiger partial charge >= 0.3 is 0 Å². The molecular formula is C21H19N3O3S. The van der Waals surface area contributed by atoms with Crippen LogP contribution in [-0.2, 0) is 0 Å². The minimum atomic E-state index is 0.652. The molecule has 0 spiro atoms. The van der Waals surface area contributed by atoms with Crippen molar-refractivity contribution >= 4 is 22.8 Å². The number of aromatic amines is 1. The standard InChI is InChI=1S/C21H19N3O3S/c1-25-13-8-9-22-15(10-13)14-6-4-5-7-20(14)28-21-23-16-11-18(26-2)19(27-3)12-17(16)24-21/h4-12H,1-3H3,(H,23,24). The smallest absolute Gasteiger partial charge is 0.171 e. The van der Waals surface area contributed by atoms with E-state index in [1.807, 2.05) is 42.5 Å². The highest BCUT2D eigenvalue weighted by Gasteiger charge is 2.13. The fourth-order valence-electron chi connectivity index (χ4n) is 2.92. The molecule has 0 saturated carbocycles. The number of nitrogens with zero attached hydrogens (tertiary/aromatic N) is 2. The summed E-state index contributed by atoms with van der Waals surface area (Å²) in [7, 11) is 4.88. The van der Waals surface area contributed by atoms with Gasteiger partial charge < -0.3 is 19.2 Å².